The van der Waals surface area contributed by atoms with E-state index in [1.54, 1.807) is 0 Å². The predicted molar refractivity (Wildman–Crippen MR) is 58.9 cm³/mol. The summed E-state index contributed by atoms with van der Waals surface area (Å²) < 4.78 is 4.13. The number of carboxylic acids is 1. The molecule has 0 aliphatic carbocycles. The van der Waals surface area contributed by atoms with Gasteiger partial charge in [-0.25, -0.2) is 4.79 Å². The molecule has 4 N–H and O–H groups in total. The second-order valence-electron chi connectivity index (χ2n) is 3.46. The molecule has 0 heterocycles. The Bertz CT molecular complexity index is 310. The first kappa shape index (κ1) is 24.3. The molecule has 1 atom stereocenters. The molecule has 0 aliphatic rings. The number of aliphatic hydroxyl groups excluding tert-OH is 1. The van der Waals surface area contributed by atoms with Crippen molar-refractivity contribution in [1.29, 1.82) is 0 Å². The van der Waals surface area contributed by atoms with Crippen LogP contribution in [0.1, 0.15) is 26.2 Å². The van der Waals surface area contributed by atoms with E-state index in [-0.39, 0.29) is 29.6 Å². The molecule has 1 unspecified atom stereocenters. The van der Waals surface area contributed by atoms with Crippen molar-refractivity contribution < 1.29 is 68.8 Å². The van der Waals surface area contributed by atoms with Gasteiger partial charge in [-0.1, -0.05) is 6.92 Å². The molecular weight excluding hydrogens is 285 g/mol. The summed E-state index contributed by atoms with van der Waals surface area (Å²) >= 11 is 0. The molecule has 0 bridgehead atoms. The van der Waals surface area contributed by atoms with Crippen LogP contribution in [0.5, 0.6) is 0 Å². The molecule has 0 amide bonds. The number of carbonyl (C=O) groups is 3. The first-order valence-electron chi connectivity index (χ1n) is 5.28. The van der Waals surface area contributed by atoms with Gasteiger partial charge in [0.2, 0.25) is 0 Å². The molecule has 0 saturated heterocycles. The van der Waals surface area contributed by atoms with Crippen molar-refractivity contribution >= 4 is 17.9 Å². The van der Waals surface area contributed by atoms with Crippen LogP contribution in [0.15, 0.2) is 0 Å². The van der Waals surface area contributed by atoms with Gasteiger partial charge in [0.25, 0.3) is 0 Å². The average Bonchev–Trinajstić information content (AvgIpc) is 2.36. The monoisotopic (exact) mass is 303 g/mol. The smallest absolute Gasteiger partial charge is 0.550 e. The van der Waals surface area contributed by atoms with Crippen molar-refractivity contribution in [3.63, 3.8) is 0 Å². The topological polar surface area (TPSA) is 159 Å². The Morgan fingerprint density at radius 2 is 1.75 bits per heavy atom. The van der Waals surface area contributed by atoms with Crippen molar-refractivity contribution in [2.24, 2.45) is 5.90 Å². The number of methoxy groups -OCH3 is 1. The number of hydrogen-bond donors (Lipinski definition) is 3. The summed E-state index contributed by atoms with van der Waals surface area (Å²) in [5.74, 6) is 0.331. The number of carbonyl (C=O) groups excluding carboxylic acids is 3. The van der Waals surface area contributed by atoms with Crippen LogP contribution in [0.4, 0.5) is 0 Å². The predicted octanol–water partition coefficient (Wildman–Crippen LogP) is -5.77. The van der Waals surface area contributed by atoms with Crippen LogP contribution >= 0.6 is 0 Å². The van der Waals surface area contributed by atoms with Crippen LogP contribution in [0, 0.1) is 0 Å². The molecular formula is C10H18NNaO8. The van der Waals surface area contributed by atoms with Crippen LogP contribution in [-0.2, 0) is 24.0 Å². The van der Waals surface area contributed by atoms with E-state index in [1.165, 1.54) is 0 Å². The van der Waals surface area contributed by atoms with Crippen molar-refractivity contribution in [1.82, 2.24) is 0 Å². The minimum Gasteiger partial charge on any atom is -0.550 e. The van der Waals surface area contributed by atoms with Gasteiger partial charge in [-0.15, -0.1) is 0 Å². The quantitative estimate of drug-likeness (QED) is 0.247. The van der Waals surface area contributed by atoms with Gasteiger partial charge in [-0.2, -0.15) is 5.90 Å². The molecule has 0 aromatic heterocycles. The number of aliphatic carboxylic acids is 1. The molecule has 112 valence electrons. The third kappa shape index (κ3) is 11.1. The number of aliphatic hydroxyl groups is 2. The van der Waals surface area contributed by atoms with Crippen molar-refractivity contribution in [3.8, 4) is 0 Å². The maximum Gasteiger partial charge on any atom is 1.00 e. The Labute approximate surface area is 138 Å². The molecule has 0 saturated carbocycles. The third-order valence-electron chi connectivity index (χ3n) is 1.79. The molecule has 0 aromatic rings. The molecule has 9 nitrogen and oxygen atoms in total. The van der Waals surface area contributed by atoms with Crippen LogP contribution in [0.3, 0.4) is 0 Å². The fourth-order valence-electron chi connectivity index (χ4n) is 0.916. The number of carboxylic acid groups (broad SMARTS) is 1. The van der Waals surface area contributed by atoms with Gasteiger partial charge in [0.05, 0.1) is 13.5 Å². The minimum atomic E-state index is -2.52. The fourth-order valence-corrected chi connectivity index (χ4v) is 0.916. The van der Waals surface area contributed by atoms with Crippen LogP contribution < -0.4 is 40.6 Å². The van der Waals surface area contributed by atoms with E-state index in [1.807, 2.05) is 6.92 Å². The third-order valence-corrected chi connectivity index (χ3v) is 1.79. The van der Waals surface area contributed by atoms with Crippen molar-refractivity contribution in [2.45, 2.75) is 31.8 Å². The van der Waals surface area contributed by atoms with Crippen molar-refractivity contribution in [3.05, 3.63) is 0 Å². The number of hydrogen-bond acceptors (Lipinski definition) is 9. The first-order valence-corrected chi connectivity index (χ1v) is 5.28. The summed E-state index contributed by atoms with van der Waals surface area (Å²) in [4.78, 5) is 35.7. The zero-order valence-corrected chi connectivity index (χ0v) is 13.7. The molecule has 20 heavy (non-hydrogen) atoms. The van der Waals surface area contributed by atoms with Crippen LogP contribution in [-0.4, -0.2) is 47.4 Å². The zero-order valence-electron chi connectivity index (χ0n) is 11.7. The van der Waals surface area contributed by atoms with E-state index in [0.29, 0.717) is 6.61 Å². The average molecular weight is 303 g/mol. The summed E-state index contributed by atoms with van der Waals surface area (Å²) in [6.07, 6.45) is -1.14. The molecule has 0 aromatic carbocycles. The summed E-state index contributed by atoms with van der Waals surface area (Å²) in [5.41, 5.74) is -2.52. The number of rotatable bonds is 6. The van der Waals surface area contributed by atoms with Crippen LogP contribution in [0.25, 0.3) is 0 Å². The maximum absolute atomic E-state index is 11.0. The van der Waals surface area contributed by atoms with E-state index in [9.17, 15) is 24.6 Å². The number of ether oxygens (including phenoxy) is 1. The summed E-state index contributed by atoms with van der Waals surface area (Å²) in [5, 5.41) is 27.6. The van der Waals surface area contributed by atoms with Gasteiger partial charge in [-0.05, 0) is 6.42 Å². The second kappa shape index (κ2) is 13.3. The number of esters is 1. The molecule has 0 spiro atoms. The summed E-state index contributed by atoms with van der Waals surface area (Å²) in [6, 6.07) is 0. The van der Waals surface area contributed by atoms with E-state index < -0.39 is 36.4 Å². The molecule has 0 radical (unpaired) electrons. The zero-order chi connectivity index (χ0) is 15.5. The van der Waals surface area contributed by atoms with Gasteiger partial charge in [-0.3, -0.25) is 4.79 Å². The summed E-state index contributed by atoms with van der Waals surface area (Å²) in [6.45, 7) is 2.25. The van der Waals surface area contributed by atoms with Gasteiger partial charge in [0.15, 0.2) is 5.60 Å². The first-order chi connectivity index (χ1) is 8.77. The summed E-state index contributed by atoms with van der Waals surface area (Å²) in [7, 11) is 0.927. The second-order valence-corrected chi connectivity index (χ2v) is 3.46. The Morgan fingerprint density at radius 3 is 2.00 bits per heavy atom. The van der Waals surface area contributed by atoms with E-state index in [0.717, 1.165) is 13.5 Å². The number of nitrogens with two attached hydrogens (primary N) is 1. The Hall–Kier alpha value is -0.710. The van der Waals surface area contributed by atoms with E-state index in [2.05, 4.69) is 15.5 Å². The Kier molecular flexibility index (Phi) is 16.1. The van der Waals surface area contributed by atoms with Gasteiger partial charge in [0.1, 0.15) is 0 Å². The van der Waals surface area contributed by atoms with Gasteiger partial charge in [0, 0.05) is 19.0 Å². The van der Waals surface area contributed by atoms with Crippen LogP contribution in [0.2, 0.25) is 0 Å². The largest absolute Gasteiger partial charge is 1.00 e. The molecule has 10 heteroatoms. The minimum absolute atomic E-state index is 0. The fraction of sp³-hybridized carbons (Fsp3) is 0.700. The Morgan fingerprint density at radius 1 is 1.30 bits per heavy atom. The molecule has 0 aliphatic heterocycles. The van der Waals surface area contributed by atoms with E-state index >= 15 is 0 Å². The van der Waals surface area contributed by atoms with Crippen molar-refractivity contribution in [2.75, 3.05) is 13.7 Å². The standard InChI is InChI=1S/C7H11NO7.C3H8O.Na/c1-14-6(12)7(13,2-4(9)10)3-5(11)15-8;1-2-3-4;/h13H,2-3,8H2,1H3,(H,9,10);4H,2-3H2,1H3;/q;;+1/p-1. The van der Waals surface area contributed by atoms with E-state index in [4.69, 9.17) is 5.11 Å². The molecule has 0 fully saturated rings. The van der Waals surface area contributed by atoms with Gasteiger partial charge < -0.3 is 29.7 Å². The molecule has 0 rings (SSSR count). The Balaban J connectivity index is -0.000000508. The maximum atomic E-state index is 11.0. The van der Waals surface area contributed by atoms with Gasteiger partial charge >= 0.3 is 41.5 Å². The SMILES string of the molecule is CCCO.COC(=O)C(O)(CC(=O)[O-])CC(=O)ON.[Na+]. The normalized spacial score (nSPS) is 11.8.